The van der Waals surface area contributed by atoms with E-state index in [0.717, 1.165) is 25.7 Å². The Bertz CT molecular complexity index is 496. The molecule has 0 aromatic carbocycles. The summed E-state index contributed by atoms with van der Waals surface area (Å²) in [6, 6.07) is -0.128. The van der Waals surface area contributed by atoms with Crippen LogP contribution < -0.4 is 5.32 Å². The Kier molecular flexibility index (Phi) is 5.15. The molecule has 0 saturated heterocycles. The van der Waals surface area contributed by atoms with Gasteiger partial charge in [-0.05, 0) is 12.8 Å². The summed E-state index contributed by atoms with van der Waals surface area (Å²) >= 11 is 0. The predicted molar refractivity (Wildman–Crippen MR) is 74.9 cm³/mol. The molecule has 1 aliphatic rings. The Balaban J connectivity index is 1.97. The summed E-state index contributed by atoms with van der Waals surface area (Å²) in [7, 11) is 0. The summed E-state index contributed by atoms with van der Waals surface area (Å²) in [4.78, 5) is 24.5. The van der Waals surface area contributed by atoms with Gasteiger partial charge in [0.2, 0.25) is 0 Å². The van der Waals surface area contributed by atoms with Crippen molar-refractivity contribution in [1.29, 1.82) is 0 Å². The second kappa shape index (κ2) is 7.07. The Labute approximate surface area is 122 Å². The van der Waals surface area contributed by atoms with E-state index in [1.54, 1.807) is 4.90 Å². The number of amides is 2. The molecule has 8 heteroatoms. The fourth-order valence-corrected chi connectivity index (χ4v) is 2.62. The van der Waals surface area contributed by atoms with Crippen molar-refractivity contribution in [3.8, 4) is 0 Å². The number of aromatic nitrogens is 2. The average molecular weight is 296 g/mol. The van der Waals surface area contributed by atoms with Gasteiger partial charge in [-0.15, -0.1) is 0 Å². The summed E-state index contributed by atoms with van der Waals surface area (Å²) < 4.78 is 1.24. The molecular weight excluding hydrogens is 276 g/mol. The molecule has 0 aliphatic heterocycles. The summed E-state index contributed by atoms with van der Waals surface area (Å²) in [6.45, 7) is -0.0409. The molecule has 1 aromatic heterocycles. The fourth-order valence-electron chi connectivity index (χ4n) is 2.62. The van der Waals surface area contributed by atoms with Gasteiger partial charge in [0.05, 0.1) is 18.5 Å². The molecule has 0 bridgehead atoms. The monoisotopic (exact) mass is 296 g/mol. The first-order valence-corrected chi connectivity index (χ1v) is 7.03. The quantitative estimate of drug-likeness (QED) is 0.717. The third-order valence-electron chi connectivity index (χ3n) is 3.55. The predicted octanol–water partition coefficient (Wildman–Crippen LogP) is 0.736. The number of anilines is 1. The molecule has 1 fully saturated rings. The summed E-state index contributed by atoms with van der Waals surface area (Å²) in [5.74, 6) is -0.996. The number of rotatable bonds is 6. The molecule has 8 nitrogen and oxygen atoms in total. The number of carboxylic acids is 1. The Hall–Kier alpha value is -2.09. The number of carbonyl (C=O) groups excluding carboxylic acids is 1. The number of nitrogens with one attached hydrogen (secondary N) is 1. The van der Waals surface area contributed by atoms with Crippen LogP contribution in [0, 0.1) is 0 Å². The second-order valence-corrected chi connectivity index (χ2v) is 5.11. The number of nitrogens with zero attached hydrogens (tertiary/aromatic N) is 3. The number of aliphatic hydroxyl groups excluding tert-OH is 1. The van der Waals surface area contributed by atoms with Crippen LogP contribution in [0.2, 0.25) is 0 Å². The topological polar surface area (TPSA) is 108 Å². The van der Waals surface area contributed by atoms with Crippen molar-refractivity contribution in [2.24, 2.45) is 0 Å². The number of aliphatic hydroxyl groups is 1. The van der Waals surface area contributed by atoms with Gasteiger partial charge in [-0.25, -0.2) is 4.79 Å². The normalized spacial score (nSPS) is 15.1. The highest BCUT2D eigenvalue weighted by molar-refractivity contribution is 5.89. The molecule has 0 atom stereocenters. The maximum atomic E-state index is 12.3. The van der Waals surface area contributed by atoms with E-state index in [-0.39, 0.29) is 25.2 Å². The molecule has 0 unspecified atom stereocenters. The SMILES string of the molecule is O=C(O)Cn1cc(NC(=O)N(CCO)C2CCCC2)cn1. The molecule has 1 aliphatic carbocycles. The molecule has 1 heterocycles. The van der Waals surface area contributed by atoms with Crippen LogP contribution in [0.15, 0.2) is 12.4 Å². The van der Waals surface area contributed by atoms with E-state index < -0.39 is 5.97 Å². The van der Waals surface area contributed by atoms with Crippen LogP contribution in [-0.2, 0) is 11.3 Å². The molecule has 2 amide bonds. The number of aliphatic carboxylic acids is 1. The van der Waals surface area contributed by atoms with E-state index in [1.165, 1.54) is 17.1 Å². The smallest absolute Gasteiger partial charge is 0.325 e. The molecule has 0 spiro atoms. The van der Waals surface area contributed by atoms with E-state index in [1.807, 2.05) is 0 Å². The third-order valence-corrected chi connectivity index (χ3v) is 3.55. The van der Waals surface area contributed by atoms with E-state index in [4.69, 9.17) is 10.2 Å². The van der Waals surface area contributed by atoms with Crippen molar-refractivity contribution in [3.63, 3.8) is 0 Å². The van der Waals surface area contributed by atoms with E-state index >= 15 is 0 Å². The Morgan fingerprint density at radius 3 is 2.76 bits per heavy atom. The van der Waals surface area contributed by atoms with E-state index in [2.05, 4.69) is 10.4 Å². The molecule has 1 saturated carbocycles. The summed E-state index contributed by atoms with van der Waals surface area (Å²) in [6.07, 6.45) is 6.97. The zero-order valence-electron chi connectivity index (χ0n) is 11.7. The van der Waals surface area contributed by atoms with E-state index in [0.29, 0.717) is 12.2 Å². The van der Waals surface area contributed by atoms with Gasteiger partial charge in [0.1, 0.15) is 6.54 Å². The van der Waals surface area contributed by atoms with Crippen LogP contribution >= 0.6 is 0 Å². The zero-order valence-corrected chi connectivity index (χ0v) is 11.7. The molecular formula is C13H20N4O4. The van der Waals surface area contributed by atoms with Crippen LogP contribution in [0.25, 0.3) is 0 Å². The van der Waals surface area contributed by atoms with Crippen molar-refractivity contribution in [2.75, 3.05) is 18.5 Å². The molecule has 3 N–H and O–H groups in total. The minimum absolute atomic E-state index is 0.0812. The summed E-state index contributed by atoms with van der Waals surface area (Å²) in [5.41, 5.74) is 0.446. The van der Waals surface area contributed by atoms with Crippen molar-refractivity contribution in [3.05, 3.63) is 12.4 Å². The number of carbonyl (C=O) groups is 2. The fraction of sp³-hybridized carbons (Fsp3) is 0.615. The molecule has 2 rings (SSSR count). The third kappa shape index (κ3) is 4.19. The van der Waals surface area contributed by atoms with Crippen molar-refractivity contribution in [1.82, 2.24) is 14.7 Å². The lowest BCUT2D eigenvalue weighted by Crippen LogP contribution is -2.43. The molecule has 21 heavy (non-hydrogen) atoms. The number of hydrogen-bond acceptors (Lipinski definition) is 4. The lowest BCUT2D eigenvalue weighted by Gasteiger charge is -2.28. The van der Waals surface area contributed by atoms with Gasteiger partial charge in [0.15, 0.2) is 0 Å². The molecule has 116 valence electrons. The highest BCUT2D eigenvalue weighted by atomic mass is 16.4. The highest BCUT2D eigenvalue weighted by Gasteiger charge is 2.26. The van der Waals surface area contributed by atoms with Gasteiger partial charge >= 0.3 is 12.0 Å². The first-order chi connectivity index (χ1) is 10.1. The van der Waals surface area contributed by atoms with Gasteiger partial charge < -0.3 is 20.4 Å². The lowest BCUT2D eigenvalue weighted by atomic mass is 10.2. The number of urea groups is 1. The Morgan fingerprint density at radius 1 is 1.43 bits per heavy atom. The van der Waals surface area contributed by atoms with Crippen molar-refractivity contribution >= 4 is 17.7 Å². The van der Waals surface area contributed by atoms with Crippen LogP contribution in [0.1, 0.15) is 25.7 Å². The average Bonchev–Trinajstić information content (AvgIpc) is 3.07. The van der Waals surface area contributed by atoms with Crippen molar-refractivity contribution < 1.29 is 19.8 Å². The van der Waals surface area contributed by atoms with Gasteiger partial charge in [-0.3, -0.25) is 9.48 Å². The van der Waals surface area contributed by atoms with Crippen LogP contribution in [0.4, 0.5) is 10.5 Å². The maximum absolute atomic E-state index is 12.3. The number of carboxylic acid groups (broad SMARTS) is 1. The maximum Gasteiger partial charge on any atom is 0.325 e. The largest absolute Gasteiger partial charge is 0.480 e. The second-order valence-electron chi connectivity index (χ2n) is 5.11. The summed E-state index contributed by atoms with van der Waals surface area (Å²) in [5, 5.41) is 24.3. The number of hydrogen-bond donors (Lipinski definition) is 3. The highest BCUT2D eigenvalue weighted by Crippen LogP contribution is 2.24. The van der Waals surface area contributed by atoms with Crippen LogP contribution in [-0.4, -0.2) is 56.1 Å². The molecule has 0 radical (unpaired) electrons. The Morgan fingerprint density at radius 2 is 2.14 bits per heavy atom. The minimum Gasteiger partial charge on any atom is -0.480 e. The minimum atomic E-state index is -0.996. The van der Waals surface area contributed by atoms with Crippen LogP contribution in [0.5, 0.6) is 0 Å². The lowest BCUT2D eigenvalue weighted by molar-refractivity contribution is -0.137. The van der Waals surface area contributed by atoms with Gasteiger partial charge in [0, 0.05) is 18.8 Å². The van der Waals surface area contributed by atoms with Crippen molar-refractivity contribution in [2.45, 2.75) is 38.3 Å². The van der Waals surface area contributed by atoms with E-state index in [9.17, 15) is 9.59 Å². The molecule has 1 aromatic rings. The van der Waals surface area contributed by atoms with Gasteiger partial charge in [-0.2, -0.15) is 5.10 Å². The first-order valence-electron chi connectivity index (χ1n) is 7.03. The zero-order chi connectivity index (χ0) is 15.2. The standard InChI is InChI=1S/C13H20N4O4/c18-6-5-17(11-3-1-2-4-11)13(21)15-10-7-14-16(8-10)9-12(19)20/h7-8,11,18H,1-6,9H2,(H,15,21)(H,19,20). The van der Waals surface area contributed by atoms with Gasteiger partial charge in [-0.1, -0.05) is 12.8 Å². The first kappa shape index (κ1) is 15.3. The van der Waals surface area contributed by atoms with Gasteiger partial charge in [0.25, 0.3) is 0 Å². The van der Waals surface area contributed by atoms with Crippen LogP contribution in [0.3, 0.4) is 0 Å².